The smallest absolute Gasteiger partial charge is 0.290 e. The molecule has 38 heavy (non-hydrogen) atoms. The van der Waals surface area contributed by atoms with Crippen LogP contribution in [0.5, 0.6) is 11.5 Å². The van der Waals surface area contributed by atoms with Crippen LogP contribution in [0.2, 0.25) is 0 Å². The summed E-state index contributed by atoms with van der Waals surface area (Å²) in [6.45, 7) is 1.53. The van der Waals surface area contributed by atoms with E-state index >= 15 is 0 Å². The third-order valence-corrected chi connectivity index (χ3v) is 6.67. The molecule has 1 unspecified atom stereocenters. The van der Waals surface area contributed by atoms with Crippen LogP contribution in [0.3, 0.4) is 0 Å². The minimum Gasteiger partial charge on any atom is -0.493 e. The second-order valence-corrected chi connectivity index (χ2v) is 9.56. The summed E-state index contributed by atoms with van der Waals surface area (Å²) in [5, 5.41) is 0.103. The van der Waals surface area contributed by atoms with E-state index in [0.29, 0.717) is 36.6 Å². The summed E-state index contributed by atoms with van der Waals surface area (Å²) < 4.78 is 31.6. The van der Waals surface area contributed by atoms with Crippen LogP contribution >= 0.6 is 0 Å². The average molecular weight is 517 g/mol. The monoisotopic (exact) mass is 516 g/mol. The summed E-state index contributed by atoms with van der Waals surface area (Å²) in [7, 11) is 5.47. The number of hydrogen-bond donors (Lipinski definition) is 0. The first kappa shape index (κ1) is 25.5. The maximum atomic E-state index is 14.0. The molecule has 1 aliphatic heterocycles. The molecule has 3 aromatic carbocycles. The van der Waals surface area contributed by atoms with Crippen LogP contribution in [0.1, 0.15) is 39.7 Å². The van der Waals surface area contributed by atoms with Crippen molar-refractivity contribution in [3.05, 3.63) is 105 Å². The highest BCUT2D eigenvalue weighted by Crippen LogP contribution is 2.41. The van der Waals surface area contributed by atoms with E-state index in [-0.39, 0.29) is 28.2 Å². The number of fused-ring (bicyclic) bond motifs is 2. The largest absolute Gasteiger partial charge is 0.493 e. The van der Waals surface area contributed by atoms with Crippen molar-refractivity contribution in [1.29, 1.82) is 0 Å². The van der Waals surface area contributed by atoms with E-state index in [9.17, 15) is 14.0 Å². The van der Waals surface area contributed by atoms with Gasteiger partial charge >= 0.3 is 0 Å². The van der Waals surface area contributed by atoms with Crippen molar-refractivity contribution < 1.29 is 23.1 Å². The number of amides is 1. The third-order valence-electron chi connectivity index (χ3n) is 6.67. The molecular formula is C30H29FN2O5. The van der Waals surface area contributed by atoms with Crippen molar-refractivity contribution in [2.24, 2.45) is 0 Å². The number of halogens is 1. The fraction of sp³-hybridized carbons (Fsp3) is 0.267. The lowest BCUT2D eigenvalue weighted by atomic mass is 9.98. The first-order valence-corrected chi connectivity index (χ1v) is 12.4. The molecular weight excluding hydrogens is 487 g/mol. The van der Waals surface area contributed by atoms with Crippen molar-refractivity contribution in [2.45, 2.75) is 19.1 Å². The van der Waals surface area contributed by atoms with Crippen molar-refractivity contribution in [1.82, 2.24) is 9.80 Å². The molecule has 8 heteroatoms. The molecule has 1 atom stereocenters. The zero-order chi connectivity index (χ0) is 26.8. The predicted molar refractivity (Wildman–Crippen MR) is 142 cm³/mol. The average Bonchev–Trinajstić information content (AvgIpc) is 3.19. The summed E-state index contributed by atoms with van der Waals surface area (Å²) >= 11 is 0. The SMILES string of the molecule is COc1cc(C2c3c(oc4ccc(F)cc4c3=O)C(=O)N2CCCN(C)C)ccc1OCc1ccccc1. The number of rotatable bonds is 9. The molecule has 0 N–H and O–H groups in total. The normalized spacial score (nSPS) is 14.8. The Morgan fingerprint density at radius 1 is 1.00 bits per heavy atom. The van der Waals surface area contributed by atoms with E-state index in [1.165, 1.54) is 12.1 Å². The maximum Gasteiger partial charge on any atom is 0.290 e. The van der Waals surface area contributed by atoms with E-state index in [2.05, 4.69) is 0 Å². The molecule has 5 rings (SSSR count). The molecule has 1 aromatic heterocycles. The molecule has 1 aliphatic rings. The Labute approximate surface area is 220 Å². The molecule has 4 aromatic rings. The first-order chi connectivity index (χ1) is 18.4. The second kappa shape index (κ2) is 10.7. The molecule has 2 heterocycles. The maximum absolute atomic E-state index is 14.0. The molecule has 0 aliphatic carbocycles. The highest BCUT2D eigenvalue weighted by Gasteiger charge is 2.42. The van der Waals surface area contributed by atoms with Gasteiger partial charge in [-0.15, -0.1) is 0 Å². The van der Waals surface area contributed by atoms with Gasteiger partial charge < -0.3 is 23.7 Å². The Hall–Kier alpha value is -4.17. The van der Waals surface area contributed by atoms with Gasteiger partial charge in [-0.3, -0.25) is 9.59 Å². The van der Waals surface area contributed by atoms with Crippen LogP contribution in [-0.4, -0.2) is 50.0 Å². The van der Waals surface area contributed by atoms with E-state index in [1.54, 1.807) is 24.1 Å². The highest BCUT2D eigenvalue weighted by molar-refractivity contribution is 5.99. The molecule has 0 radical (unpaired) electrons. The molecule has 0 bridgehead atoms. The Bertz CT molecular complexity index is 1530. The quantitative estimate of drug-likeness (QED) is 0.311. The molecule has 7 nitrogen and oxygen atoms in total. The molecule has 0 saturated carbocycles. The van der Waals surface area contributed by atoms with Crippen molar-refractivity contribution in [2.75, 3.05) is 34.3 Å². The summed E-state index contributed by atoms with van der Waals surface area (Å²) in [4.78, 5) is 30.9. The topological polar surface area (TPSA) is 72.2 Å². The lowest BCUT2D eigenvalue weighted by Crippen LogP contribution is -2.32. The molecule has 1 amide bonds. The predicted octanol–water partition coefficient (Wildman–Crippen LogP) is 5.02. The zero-order valence-corrected chi connectivity index (χ0v) is 21.6. The third kappa shape index (κ3) is 4.87. The van der Waals surface area contributed by atoms with Gasteiger partial charge in [0, 0.05) is 6.54 Å². The van der Waals surface area contributed by atoms with Gasteiger partial charge in [0.15, 0.2) is 16.9 Å². The van der Waals surface area contributed by atoms with Crippen LogP contribution in [0.25, 0.3) is 11.0 Å². The van der Waals surface area contributed by atoms with E-state index in [1.807, 2.05) is 55.4 Å². The second-order valence-electron chi connectivity index (χ2n) is 9.56. The Morgan fingerprint density at radius 3 is 2.53 bits per heavy atom. The van der Waals surface area contributed by atoms with Gasteiger partial charge in [-0.2, -0.15) is 0 Å². The van der Waals surface area contributed by atoms with Crippen molar-refractivity contribution in [3.8, 4) is 11.5 Å². The fourth-order valence-corrected chi connectivity index (χ4v) is 4.84. The summed E-state index contributed by atoms with van der Waals surface area (Å²) in [6, 6.07) is 18.2. The van der Waals surface area contributed by atoms with Gasteiger partial charge in [0.1, 0.15) is 18.0 Å². The molecule has 0 saturated heterocycles. The lowest BCUT2D eigenvalue weighted by molar-refractivity contribution is 0.0722. The van der Waals surface area contributed by atoms with Gasteiger partial charge in [-0.1, -0.05) is 36.4 Å². The number of carbonyl (C=O) groups excluding carboxylic acids is 1. The fourth-order valence-electron chi connectivity index (χ4n) is 4.84. The molecule has 196 valence electrons. The summed E-state index contributed by atoms with van der Waals surface area (Å²) in [5.41, 5.74) is 1.65. The molecule has 0 fully saturated rings. The lowest BCUT2D eigenvalue weighted by Gasteiger charge is -2.26. The zero-order valence-electron chi connectivity index (χ0n) is 21.6. The molecule has 0 spiro atoms. The van der Waals surface area contributed by atoms with Gasteiger partial charge in [-0.25, -0.2) is 4.39 Å². The number of hydrogen-bond acceptors (Lipinski definition) is 6. The highest BCUT2D eigenvalue weighted by atomic mass is 19.1. The number of carbonyl (C=O) groups is 1. The van der Waals surface area contributed by atoms with Crippen LogP contribution in [-0.2, 0) is 6.61 Å². The summed E-state index contributed by atoms with van der Waals surface area (Å²) in [6.07, 6.45) is 0.695. The van der Waals surface area contributed by atoms with Gasteiger partial charge in [0.25, 0.3) is 5.91 Å². The van der Waals surface area contributed by atoms with Crippen molar-refractivity contribution in [3.63, 3.8) is 0 Å². The Balaban J connectivity index is 1.56. The van der Waals surface area contributed by atoms with Gasteiger partial charge in [0.2, 0.25) is 5.76 Å². The first-order valence-electron chi connectivity index (χ1n) is 12.4. The van der Waals surface area contributed by atoms with Crippen LogP contribution in [0.4, 0.5) is 4.39 Å². The minimum absolute atomic E-state index is 0.00710. The number of ether oxygens (including phenoxy) is 2. The van der Waals surface area contributed by atoms with Crippen LogP contribution in [0.15, 0.2) is 75.9 Å². The van der Waals surface area contributed by atoms with E-state index < -0.39 is 17.3 Å². The van der Waals surface area contributed by atoms with Crippen molar-refractivity contribution >= 4 is 16.9 Å². The number of methoxy groups -OCH3 is 1. The van der Waals surface area contributed by atoms with Crippen LogP contribution < -0.4 is 14.9 Å². The Morgan fingerprint density at radius 2 is 1.79 bits per heavy atom. The summed E-state index contributed by atoms with van der Waals surface area (Å²) in [5.74, 6) is 0.0954. The minimum atomic E-state index is -0.708. The van der Waals surface area contributed by atoms with E-state index in [4.69, 9.17) is 13.9 Å². The van der Waals surface area contributed by atoms with Crippen LogP contribution in [0, 0.1) is 5.82 Å². The van der Waals surface area contributed by atoms with Gasteiger partial charge in [0.05, 0.1) is 24.1 Å². The van der Waals surface area contributed by atoms with Gasteiger partial charge in [-0.05, 0) is 68.5 Å². The number of nitrogens with zero attached hydrogens (tertiary/aromatic N) is 2. The van der Waals surface area contributed by atoms with E-state index in [0.717, 1.165) is 18.2 Å². The Kier molecular flexibility index (Phi) is 7.15. The standard InChI is InChI=1S/C30H29FN2O5/c1-32(2)14-7-15-33-27(26-28(34)22-17-21(31)11-13-23(22)38-29(26)30(33)35)20-10-12-24(25(16-20)36-3)37-18-19-8-5-4-6-9-19/h4-6,8-13,16-17,27H,7,14-15,18H2,1-3H3. The number of benzene rings is 3.